The van der Waals surface area contributed by atoms with Gasteiger partial charge in [0.15, 0.2) is 5.78 Å². The summed E-state index contributed by atoms with van der Waals surface area (Å²) in [6.07, 6.45) is 1.69. The Hall–Kier alpha value is -2.24. The molecule has 1 heterocycles. The number of hydrogen-bond acceptors (Lipinski definition) is 3. The molecule has 1 aliphatic rings. The van der Waals surface area contributed by atoms with Crippen molar-refractivity contribution in [2.24, 2.45) is 11.8 Å². The third kappa shape index (κ3) is 3.43. The first kappa shape index (κ1) is 17.6. The highest BCUT2D eigenvalue weighted by Crippen LogP contribution is 2.31. The molecule has 2 aromatic carbocycles. The third-order valence-corrected chi connectivity index (χ3v) is 6.53. The van der Waals surface area contributed by atoms with Crippen molar-refractivity contribution in [1.82, 2.24) is 4.31 Å². The second-order valence-corrected chi connectivity index (χ2v) is 8.31. The fourth-order valence-electron chi connectivity index (χ4n) is 3.18. The number of ketones is 1. The highest BCUT2D eigenvalue weighted by atomic mass is 32.2. The first-order chi connectivity index (χ1) is 11.9. The highest BCUT2D eigenvalue weighted by Gasteiger charge is 2.41. The summed E-state index contributed by atoms with van der Waals surface area (Å²) in [6.45, 7) is 6.17. The molecule has 3 rings (SSSR count). The second-order valence-electron chi connectivity index (χ2n) is 6.37. The lowest BCUT2D eigenvalue weighted by molar-refractivity contribution is 0.0912. The van der Waals surface area contributed by atoms with Crippen molar-refractivity contribution in [3.05, 3.63) is 78.4 Å². The number of carbonyl (C=O) groups excluding carboxylic acids is 1. The van der Waals surface area contributed by atoms with Crippen molar-refractivity contribution < 1.29 is 13.2 Å². The quantitative estimate of drug-likeness (QED) is 0.611. The second kappa shape index (κ2) is 6.94. The van der Waals surface area contributed by atoms with Crippen LogP contribution >= 0.6 is 0 Å². The molecule has 0 saturated carbocycles. The van der Waals surface area contributed by atoms with Gasteiger partial charge in [0.05, 0.1) is 4.90 Å². The van der Waals surface area contributed by atoms with E-state index in [0.29, 0.717) is 5.56 Å². The SMILES string of the molecule is C=C[C@@H]1CN(S(=O)(=O)c2ccc(C)cc2)C[C@H]1C(=O)c1ccccc1. The number of Topliss-reactive ketones (excluding diaryl/α,β-unsaturated/α-hetero) is 1. The molecule has 0 bridgehead atoms. The number of rotatable bonds is 5. The van der Waals surface area contributed by atoms with Crippen molar-refractivity contribution in [1.29, 1.82) is 0 Å². The Kier molecular flexibility index (Phi) is 4.88. The van der Waals surface area contributed by atoms with E-state index in [1.807, 2.05) is 25.1 Å². The van der Waals surface area contributed by atoms with Gasteiger partial charge in [-0.1, -0.05) is 54.1 Å². The van der Waals surface area contributed by atoms with Gasteiger partial charge in [-0.3, -0.25) is 4.79 Å². The fourth-order valence-corrected chi connectivity index (χ4v) is 4.68. The molecule has 25 heavy (non-hydrogen) atoms. The van der Waals surface area contributed by atoms with Crippen LogP contribution < -0.4 is 0 Å². The lowest BCUT2D eigenvalue weighted by Gasteiger charge is -2.16. The zero-order valence-corrected chi connectivity index (χ0v) is 14.9. The average Bonchev–Trinajstić information content (AvgIpc) is 3.07. The van der Waals surface area contributed by atoms with Crippen LogP contribution in [0.3, 0.4) is 0 Å². The molecule has 4 nitrogen and oxygen atoms in total. The van der Waals surface area contributed by atoms with Crippen LogP contribution in [-0.2, 0) is 10.0 Å². The minimum absolute atomic E-state index is 0.0351. The molecule has 2 atom stereocenters. The van der Waals surface area contributed by atoms with Crippen molar-refractivity contribution in [3.8, 4) is 0 Å². The summed E-state index contributed by atoms with van der Waals surface area (Å²) in [6, 6.07) is 15.8. The maximum Gasteiger partial charge on any atom is 0.243 e. The minimum Gasteiger partial charge on any atom is -0.294 e. The first-order valence-electron chi connectivity index (χ1n) is 8.22. The van der Waals surface area contributed by atoms with Crippen LogP contribution in [0.1, 0.15) is 15.9 Å². The number of carbonyl (C=O) groups is 1. The molecule has 130 valence electrons. The zero-order chi connectivity index (χ0) is 18.0. The zero-order valence-electron chi connectivity index (χ0n) is 14.1. The van der Waals surface area contributed by atoms with E-state index < -0.39 is 15.9 Å². The number of benzene rings is 2. The van der Waals surface area contributed by atoms with Gasteiger partial charge in [0.25, 0.3) is 0 Å². The molecular formula is C20H21NO3S. The molecular weight excluding hydrogens is 334 g/mol. The van der Waals surface area contributed by atoms with E-state index in [0.717, 1.165) is 5.56 Å². The Morgan fingerprint density at radius 2 is 1.72 bits per heavy atom. The van der Waals surface area contributed by atoms with Gasteiger partial charge in [0.1, 0.15) is 0 Å². The Morgan fingerprint density at radius 3 is 2.32 bits per heavy atom. The van der Waals surface area contributed by atoms with Crippen LogP contribution in [0.2, 0.25) is 0 Å². The summed E-state index contributed by atoms with van der Waals surface area (Å²) in [7, 11) is -3.61. The first-order valence-corrected chi connectivity index (χ1v) is 9.66. The Bertz CT molecular complexity index is 873. The van der Waals surface area contributed by atoms with Crippen LogP contribution in [-0.4, -0.2) is 31.6 Å². The van der Waals surface area contributed by atoms with E-state index in [4.69, 9.17) is 0 Å². The molecule has 0 spiro atoms. The smallest absolute Gasteiger partial charge is 0.243 e. The van der Waals surface area contributed by atoms with Gasteiger partial charge < -0.3 is 0 Å². The Morgan fingerprint density at radius 1 is 1.08 bits per heavy atom. The van der Waals surface area contributed by atoms with Crippen LogP contribution in [0.25, 0.3) is 0 Å². The van der Waals surface area contributed by atoms with E-state index in [9.17, 15) is 13.2 Å². The predicted molar refractivity (Wildman–Crippen MR) is 97.9 cm³/mol. The summed E-state index contributed by atoms with van der Waals surface area (Å²) >= 11 is 0. The lowest BCUT2D eigenvalue weighted by atomic mass is 9.88. The van der Waals surface area contributed by atoms with Gasteiger partial charge in [-0.2, -0.15) is 4.31 Å². The van der Waals surface area contributed by atoms with E-state index in [1.165, 1.54) is 4.31 Å². The third-order valence-electron chi connectivity index (χ3n) is 4.69. The minimum atomic E-state index is -3.61. The van der Waals surface area contributed by atoms with Crippen molar-refractivity contribution >= 4 is 15.8 Å². The molecule has 1 aliphatic heterocycles. The summed E-state index contributed by atoms with van der Waals surface area (Å²) in [5.41, 5.74) is 1.61. The average molecular weight is 355 g/mol. The summed E-state index contributed by atoms with van der Waals surface area (Å²) in [4.78, 5) is 13.1. The van der Waals surface area contributed by atoms with Crippen molar-refractivity contribution in [3.63, 3.8) is 0 Å². The number of aryl methyl sites for hydroxylation is 1. The molecule has 0 unspecified atom stereocenters. The van der Waals surface area contributed by atoms with E-state index in [1.54, 1.807) is 42.5 Å². The van der Waals surface area contributed by atoms with Gasteiger partial charge in [-0.05, 0) is 19.1 Å². The summed E-state index contributed by atoms with van der Waals surface area (Å²) < 4.78 is 27.2. The molecule has 0 aliphatic carbocycles. The van der Waals surface area contributed by atoms with Gasteiger partial charge >= 0.3 is 0 Å². The standard InChI is InChI=1S/C20H21NO3S/c1-3-16-13-21(25(23,24)18-11-9-15(2)10-12-18)14-19(16)20(22)17-7-5-4-6-8-17/h3-12,16,19H,1,13-14H2,2H3/t16-,19-/m1/s1. The molecule has 0 amide bonds. The van der Waals surface area contributed by atoms with E-state index in [-0.39, 0.29) is 29.7 Å². The molecule has 0 aromatic heterocycles. The summed E-state index contributed by atoms with van der Waals surface area (Å²) in [5, 5.41) is 0. The van der Waals surface area contributed by atoms with E-state index >= 15 is 0 Å². The normalized spacial score (nSPS) is 21.2. The Labute approximate surface area is 148 Å². The maximum atomic E-state index is 12.9. The molecule has 0 radical (unpaired) electrons. The summed E-state index contributed by atoms with van der Waals surface area (Å²) in [5.74, 6) is -0.625. The van der Waals surface area contributed by atoms with Gasteiger partial charge in [-0.25, -0.2) is 8.42 Å². The molecule has 2 aromatic rings. The lowest BCUT2D eigenvalue weighted by Crippen LogP contribution is -2.30. The van der Waals surface area contributed by atoms with Gasteiger partial charge in [0.2, 0.25) is 10.0 Å². The molecule has 1 fully saturated rings. The molecule has 0 N–H and O–H groups in total. The molecule has 1 saturated heterocycles. The topological polar surface area (TPSA) is 54.5 Å². The van der Waals surface area contributed by atoms with Gasteiger partial charge in [0, 0.05) is 30.5 Å². The monoisotopic (exact) mass is 355 g/mol. The van der Waals surface area contributed by atoms with Crippen LogP contribution in [0.4, 0.5) is 0 Å². The van der Waals surface area contributed by atoms with Crippen LogP contribution in [0.5, 0.6) is 0 Å². The van der Waals surface area contributed by atoms with Gasteiger partial charge in [-0.15, -0.1) is 6.58 Å². The maximum absolute atomic E-state index is 12.9. The van der Waals surface area contributed by atoms with Crippen molar-refractivity contribution in [2.45, 2.75) is 11.8 Å². The molecule has 5 heteroatoms. The fraction of sp³-hybridized carbons (Fsp3) is 0.250. The largest absolute Gasteiger partial charge is 0.294 e. The van der Waals surface area contributed by atoms with Crippen LogP contribution in [0, 0.1) is 18.8 Å². The number of nitrogens with zero attached hydrogens (tertiary/aromatic N) is 1. The number of hydrogen-bond donors (Lipinski definition) is 0. The Balaban J connectivity index is 1.87. The number of sulfonamides is 1. The predicted octanol–water partition coefficient (Wildman–Crippen LogP) is 3.30. The highest BCUT2D eigenvalue weighted by molar-refractivity contribution is 7.89. The van der Waals surface area contributed by atoms with Crippen LogP contribution in [0.15, 0.2) is 72.1 Å². The van der Waals surface area contributed by atoms with E-state index in [2.05, 4.69) is 6.58 Å². The van der Waals surface area contributed by atoms with Crippen molar-refractivity contribution in [2.75, 3.05) is 13.1 Å².